The van der Waals surface area contributed by atoms with Crippen LogP contribution in [0.2, 0.25) is 0 Å². The lowest BCUT2D eigenvalue weighted by Gasteiger charge is -2.10. The maximum Gasteiger partial charge on any atom is 0.204 e. The van der Waals surface area contributed by atoms with Gasteiger partial charge < -0.3 is 10.3 Å². The van der Waals surface area contributed by atoms with E-state index in [0.29, 0.717) is 0 Å². The van der Waals surface area contributed by atoms with Crippen molar-refractivity contribution in [2.45, 2.75) is 6.42 Å². The standard InChI is InChI=1S/C16H15N3/c1-2-6-13(7-3-1)12-14-8-4-5-9-15(14)19-16-17-10-11-18-16/h1-11H,12H2,(H2,17,18,19). The Morgan fingerprint density at radius 3 is 2.53 bits per heavy atom. The molecular weight excluding hydrogens is 234 g/mol. The molecule has 0 fully saturated rings. The van der Waals surface area contributed by atoms with Gasteiger partial charge in [0.25, 0.3) is 0 Å². The quantitative estimate of drug-likeness (QED) is 0.739. The lowest BCUT2D eigenvalue weighted by atomic mass is 10.0. The van der Waals surface area contributed by atoms with Crippen molar-refractivity contribution in [3.8, 4) is 0 Å². The number of benzene rings is 2. The monoisotopic (exact) mass is 249 g/mol. The van der Waals surface area contributed by atoms with Gasteiger partial charge in [-0.2, -0.15) is 0 Å². The van der Waals surface area contributed by atoms with Gasteiger partial charge in [0.1, 0.15) is 0 Å². The van der Waals surface area contributed by atoms with E-state index in [9.17, 15) is 0 Å². The van der Waals surface area contributed by atoms with E-state index in [2.05, 4.69) is 57.7 Å². The van der Waals surface area contributed by atoms with Crippen molar-refractivity contribution in [3.05, 3.63) is 78.1 Å². The van der Waals surface area contributed by atoms with Gasteiger partial charge in [-0.3, -0.25) is 0 Å². The number of nitrogens with zero attached hydrogens (tertiary/aromatic N) is 1. The summed E-state index contributed by atoms with van der Waals surface area (Å²) < 4.78 is 0. The summed E-state index contributed by atoms with van der Waals surface area (Å²) in [7, 11) is 0. The first-order chi connectivity index (χ1) is 9.42. The van der Waals surface area contributed by atoms with Crippen LogP contribution < -0.4 is 5.32 Å². The molecule has 0 aliphatic rings. The molecule has 3 heteroatoms. The van der Waals surface area contributed by atoms with Crippen molar-refractivity contribution in [1.29, 1.82) is 0 Å². The van der Waals surface area contributed by atoms with Crippen molar-refractivity contribution in [2.75, 3.05) is 5.32 Å². The fourth-order valence-electron chi connectivity index (χ4n) is 2.07. The molecule has 1 aromatic heterocycles. The SMILES string of the molecule is c1ccc(Cc2ccccc2Nc2ncc[nH]2)cc1. The van der Waals surface area contributed by atoms with Gasteiger partial charge in [0.2, 0.25) is 5.95 Å². The third kappa shape index (κ3) is 2.83. The summed E-state index contributed by atoms with van der Waals surface area (Å²) in [5.41, 5.74) is 3.64. The number of para-hydroxylation sites is 1. The van der Waals surface area contributed by atoms with Crippen molar-refractivity contribution < 1.29 is 0 Å². The fraction of sp³-hybridized carbons (Fsp3) is 0.0625. The summed E-state index contributed by atoms with van der Waals surface area (Å²) >= 11 is 0. The second kappa shape index (κ2) is 5.40. The summed E-state index contributed by atoms with van der Waals surface area (Å²) in [6, 6.07) is 18.8. The maximum absolute atomic E-state index is 4.19. The number of imidazole rings is 1. The molecule has 2 aromatic carbocycles. The molecule has 3 rings (SSSR count). The first kappa shape index (κ1) is 11.5. The molecule has 0 aliphatic heterocycles. The summed E-state index contributed by atoms with van der Waals surface area (Å²) in [5, 5.41) is 3.31. The number of hydrogen-bond donors (Lipinski definition) is 2. The van der Waals surface area contributed by atoms with Gasteiger partial charge in [0.15, 0.2) is 0 Å². The van der Waals surface area contributed by atoms with E-state index in [1.54, 1.807) is 6.20 Å². The predicted molar refractivity (Wildman–Crippen MR) is 77.6 cm³/mol. The van der Waals surface area contributed by atoms with Crippen LogP contribution in [0.4, 0.5) is 11.6 Å². The zero-order valence-electron chi connectivity index (χ0n) is 10.5. The molecule has 3 nitrogen and oxygen atoms in total. The molecule has 3 aromatic rings. The molecule has 0 aliphatic carbocycles. The van der Waals surface area contributed by atoms with Gasteiger partial charge in [-0.15, -0.1) is 0 Å². The molecule has 0 amide bonds. The van der Waals surface area contributed by atoms with Crippen molar-refractivity contribution in [2.24, 2.45) is 0 Å². The molecular formula is C16H15N3. The largest absolute Gasteiger partial charge is 0.331 e. The van der Waals surface area contributed by atoms with Crippen LogP contribution >= 0.6 is 0 Å². The number of H-pyrrole nitrogens is 1. The lowest BCUT2D eigenvalue weighted by molar-refractivity contribution is 1.18. The van der Waals surface area contributed by atoms with Crippen LogP contribution in [0.1, 0.15) is 11.1 Å². The van der Waals surface area contributed by atoms with Crippen LogP contribution in [0.15, 0.2) is 67.0 Å². The summed E-state index contributed by atoms with van der Waals surface area (Å²) in [6.07, 6.45) is 4.45. The Balaban J connectivity index is 1.85. The molecule has 0 unspecified atom stereocenters. The van der Waals surface area contributed by atoms with Gasteiger partial charge in [-0.1, -0.05) is 48.5 Å². The van der Waals surface area contributed by atoms with E-state index in [4.69, 9.17) is 0 Å². The Bertz CT molecular complexity index is 630. The summed E-state index contributed by atoms with van der Waals surface area (Å²) in [6.45, 7) is 0. The highest BCUT2D eigenvalue weighted by molar-refractivity contribution is 5.59. The lowest BCUT2D eigenvalue weighted by Crippen LogP contribution is -1.98. The van der Waals surface area contributed by atoms with Gasteiger partial charge in [-0.25, -0.2) is 4.98 Å². The van der Waals surface area contributed by atoms with Gasteiger partial charge in [0, 0.05) is 18.1 Å². The molecule has 0 spiro atoms. The highest BCUT2D eigenvalue weighted by atomic mass is 15.1. The Morgan fingerprint density at radius 1 is 0.947 bits per heavy atom. The molecule has 0 bridgehead atoms. The molecule has 94 valence electrons. The predicted octanol–water partition coefficient (Wildman–Crippen LogP) is 3.74. The molecule has 19 heavy (non-hydrogen) atoms. The molecule has 1 heterocycles. The average Bonchev–Trinajstić information content (AvgIpc) is 2.95. The van der Waals surface area contributed by atoms with Crippen LogP contribution in [0, 0.1) is 0 Å². The minimum absolute atomic E-state index is 0.764. The maximum atomic E-state index is 4.19. The number of rotatable bonds is 4. The second-order valence-electron chi connectivity index (χ2n) is 4.38. The van der Waals surface area contributed by atoms with E-state index in [-0.39, 0.29) is 0 Å². The first-order valence-electron chi connectivity index (χ1n) is 6.30. The summed E-state index contributed by atoms with van der Waals surface area (Å²) in [5.74, 6) is 0.764. The topological polar surface area (TPSA) is 40.7 Å². The zero-order valence-corrected chi connectivity index (χ0v) is 10.5. The molecule has 0 saturated carbocycles. The number of aromatic nitrogens is 2. The van der Waals surface area contributed by atoms with E-state index in [1.165, 1.54) is 11.1 Å². The number of anilines is 2. The molecule has 0 saturated heterocycles. The highest BCUT2D eigenvalue weighted by Crippen LogP contribution is 2.21. The van der Waals surface area contributed by atoms with E-state index in [1.807, 2.05) is 18.3 Å². The third-order valence-corrected chi connectivity index (χ3v) is 3.01. The number of hydrogen-bond acceptors (Lipinski definition) is 2. The van der Waals surface area contributed by atoms with Gasteiger partial charge in [0.05, 0.1) is 0 Å². The third-order valence-electron chi connectivity index (χ3n) is 3.01. The Morgan fingerprint density at radius 2 is 1.74 bits per heavy atom. The minimum atomic E-state index is 0.764. The normalized spacial score (nSPS) is 10.3. The summed E-state index contributed by atoms with van der Waals surface area (Å²) in [4.78, 5) is 7.25. The smallest absolute Gasteiger partial charge is 0.204 e. The first-order valence-corrected chi connectivity index (χ1v) is 6.30. The van der Waals surface area contributed by atoms with Crippen LogP contribution in [-0.2, 0) is 6.42 Å². The van der Waals surface area contributed by atoms with E-state index in [0.717, 1.165) is 18.1 Å². The van der Waals surface area contributed by atoms with Gasteiger partial charge in [-0.05, 0) is 23.6 Å². The Kier molecular flexibility index (Phi) is 3.28. The number of nitrogens with one attached hydrogen (secondary N) is 2. The van der Waals surface area contributed by atoms with Crippen LogP contribution in [0.25, 0.3) is 0 Å². The van der Waals surface area contributed by atoms with E-state index < -0.39 is 0 Å². The van der Waals surface area contributed by atoms with Crippen LogP contribution in [0.3, 0.4) is 0 Å². The van der Waals surface area contributed by atoms with E-state index >= 15 is 0 Å². The van der Waals surface area contributed by atoms with Gasteiger partial charge >= 0.3 is 0 Å². The van der Waals surface area contributed by atoms with Crippen LogP contribution in [-0.4, -0.2) is 9.97 Å². The fourth-order valence-corrected chi connectivity index (χ4v) is 2.07. The van der Waals surface area contributed by atoms with Crippen molar-refractivity contribution in [3.63, 3.8) is 0 Å². The number of aromatic amines is 1. The second-order valence-corrected chi connectivity index (χ2v) is 4.38. The Hall–Kier alpha value is -2.55. The molecule has 2 N–H and O–H groups in total. The minimum Gasteiger partial charge on any atom is -0.331 e. The van der Waals surface area contributed by atoms with Crippen molar-refractivity contribution >= 4 is 11.6 Å². The molecule has 0 radical (unpaired) electrons. The highest BCUT2D eigenvalue weighted by Gasteiger charge is 2.04. The van der Waals surface area contributed by atoms with Crippen LogP contribution in [0.5, 0.6) is 0 Å². The zero-order chi connectivity index (χ0) is 12.9. The Labute approximate surface area is 112 Å². The molecule has 0 atom stereocenters. The average molecular weight is 249 g/mol. The van der Waals surface area contributed by atoms with Crippen molar-refractivity contribution in [1.82, 2.24) is 9.97 Å².